The van der Waals surface area contributed by atoms with Crippen LogP contribution in [0, 0.1) is 5.92 Å². The fourth-order valence-electron chi connectivity index (χ4n) is 4.98. The van der Waals surface area contributed by atoms with Crippen molar-refractivity contribution in [1.29, 1.82) is 0 Å². The molecule has 7 heteroatoms. The molecule has 32 heavy (non-hydrogen) atoms. The van der Waals surface area contributed by atoms with Gasteiger partial charge in [0.1, 0.15) is 11.6 Å². The molecule has 172 valence electrons. The molecule has 0 bridgehead atoms. The van der Waals surface area contributed by atoms with Crippen molar-refractivity contribution in [1.82, 2.24) is 19.8 Å². The number of methoxy groups -OCH3 is 1. The molecule has 0 spiro atoms. The van der Waals surface area contributed by atoms with E-state index in [-0.39, 0.29) is 23.3 Å². The zero-order valence-electron chi connectivity index (χ0n) is 19.4. The number of rotatable bonds is 7. The standard InChI is InChI=1S/C25H34N4O3/c1-4-17(5-2)25(31)29-13-10-19(15-29)23-26-21-11-12-28(16-20(21)24(30)27-23)14-18-8-6-7-9-22(18)32-3/h6-9,17,19H,4-5,10-16H2,1-3H3,(H,26,27,30). The van der Waals surface area contributed by atoms with Gasteiger partial charge in [0.25, 0.3) is 5.56 Å². The number of likely N-dealkylation sites (tertiary alicyclic amines) is 1. The van der Waals surface area contributed by atoms with Gasteiger partial charge in [-0.25, -0.2) is 4.98 Å². The van der Waals surface area contributed by atoms with Crippen LogP contribution in [0.15, 0.2) is 29.1 Å². The lowest BCUT2D eigenvalue weighted by Crippen LogP contribution is -2.36. The molecule has 1 atom stereocenters. The Kier molecular flexibility index (Phi) is 6.94. The molecule has 0 radical (unpaired) electrons. The third-order valence-electron chi connectivity index (χ3n) is 6.97. The second-order valence-corrected chi connectivity index (χ2v) is 8.93. The lowest BCUT2D eigenvalue weighted by atomic mass is 10.0. The van der Waals surface area contributed by atoms with Crippen molar-refractivity contribution in [3.8, 4) is 5.75 Å². The summed E-state index contributed by atoms with van der Waals surface area (Å²) < 4.78 is 5.47. The second-order valence-electron chi connectivity index (χ2n) is 8.93. The van der Waals surface area contributed by atoms with Gasteiger partial charge in [0.05, 0.1) is 18.4 Å². The molecule has 1 unspecified atom stereocenters. The first kappa shape index (κ1) is 22.5. The first-order valence-electron chi connectivity index (χ1n) is 11.8. The maximum absolute atomic E-state index is 13.0. The van der Waals surface area contributed by atoms with Gasteiger partial charge in [-0.05, 0) is 25.3 Å². The molecule has 2 aliphatic rings. The molecule has 1 amide bonds. The van der Waals surface area contributed by atoms with Crippen molar-refractivity contribution in [3.05, 3.63) is 57.3 Å². The summed E-state index contributed by atoms with van der Waals surface area (Å²) in [5.41, 5.74) is 2.75. The van der Waals surface area contributed by atoms with Gasteiger partial charge in [0.15, 0.2) is 0 Å². The summed E-state index contributed by atoms with van der Waals surface area (Å²) in [6.45, 7) is 7.70. The minimum atomic E-state index is -0.0421. The Bertz CT molecular complexity index is 1010. The monoisotopic (exact) mass is 438 g/mol. The van der Waals surface area contributed by atoms with Crippen molar-refractivity contribution in [2.24, 2.45) is 5.92 Å². The number of aromatic nitrogens is 2. The highest BCUT2D eigenvalue weighted by atomic mass is 16.5. The lowest BCUT2D eigenvalue weighted by molar-refractivity contribution is -0.134. The number of benzene rings is 1. The van der Waals surface area contributed by atoms with Crippen molar-refractivity contribution in [2.75, 3.05) is 26.7 Å². The molecular formula is C25H34N4O3. The Balaban J connectivity index is 1.46. The second kappa shape index (κ2) is 9.86. The highest BCUT2D eigenvalue weighted by Gasteiger charge is 2.32. The van der Waals surface area contributed by atoms with E-state index < -0.39 is 0 Å². The van der Waals surface area contributed by atoms with Crippen LogP contribution in [0.1, 0.15) is 61.7 Å². The average molecular weight is 439 g/mol. The number of hydrogen-bond acceptors (Lipinski definition) is 5. The minimum Gasteiger partial charge on any atom is -0.496 e. The molecule has 1 aromatic carbocycles. The van der Waals surface area contributed by atoms with Crippen LogP contribution < -0.4 is 10.3 Å². The molecule has 7 nitrogen and oxygen atoms in total. The van der Waals surface area contributed by atoms with E-state index in [1.54, 1.807) is 7.11 Å². The third kappa shape index (κ3) is 4.58. The topological polar surface area (TPSA) is 78.5 Å². The average Bonchev–Trinajstić information content (AvgIpc) is 3.31. The number of carbonyl (C=O) groups is 1. The number of fused-ring (bicyclic) bond motifs is 1. The molecule has 1 fully saturated rings. The molecule has 0 aliphatic carbocycles. The lowest BCUT2D eigenvalue weighted by Gasteiger charge is -2.28. The molecule has 3 heterocycles. The zero-order valence-corrected chi connectivity index (χ0v) is 19.4. The smallest absolute Gasteiger partial charge is 0.255 e. The van der Waals surface area contributed by atoms with Crippen LogP contribution in [0.2, 0.25) is 0 Å². The SMILES string of the molecule is CCC(CC)C(=O)N1CCC(c2nc3c(c(=O)[nH]2)CN(Cc2ccccc2OC)CC3)C1. The van der Waals surface area contributed by atoms with Crippen LogP contribution in [0.25, 0.3) is 0 Å². The highest BCUT2D eigenvalue weighted by molar-refractivity contribution is 5.79. The molecule has 2 aromatic rings. The number of H-pyrrole nitrogens is 1. The van der Waals surface area contributed by atoms with E-state index in [0.717, 1.165) is 73.7 Å². The quantitative estimate of drug-likeness (QED) is 0.719. The number of nitrogens with zero attached hydrogens (tertiary/aromatic N) is 3. The summed E-state index contributed by atoms with van der Waals surface area (Å²) in [7, 11) is 1.68. The van der Waals surface area contributed by atoms with Crippen LogP contribution in [0.5, 0.6) is 5.75 Å². The number of amides is 1. The van der Waals surface area contributed by atoms with Crippen LogP contribution in [-0.4, -0.2) is 52.4 Å². The van der Waals surface area contributed by atoms with Crippen molar-refractivity contribution in [3.63, 3.8) is 0 Å². The summed E-state index contributed by atoms with van der Waals surface area (Å²) in [6.07, 6.45) is 3.35. The summed E-state index contributed by atoms with van der Waals surface area (Å²) in [5, 5.41) is 0. The Labute approximate surface area is 189 Å². The van der Waals surface area contributed by atoms with Gasteiger partial charge in [0, 0.05) is 56.5 Å². The van der Waals surface area contributed by atoms with Crippen molar-refractivity contribution < 1.29 is 9.53 Å². The zero-order chi connectivity index (χ0) is 22.7. The fraction of sp³-hybridized carbons (Fsp3) is 0.560. The summed E-state index contributed by atoms with van der Waals surface area (Å²) in [4.78, 5) is 37.8. The maximum atomic E-state index is 13.0. The van der Waals surface area contributed by atoms with E-state index in [4.69, 9.17) is 9.72 Å². The number of hydrogen-bond donors (Lipinski definition) is 1. The molecule has 1 aromatic heterocycles. The maximum Gasteiger partial charge on any atom is 0.255 e. The summed E-state index contributed by atoms with van der Waals surface area (Å²) >= 11 is 0. The third-order valence-corrected chi connectivity index (χ3v) is 6.97. The predicted octanol–water partition coefficient (Wildman–Crippen LogP) is 3.09. The van der Waals surface area contributed by atoms with Gasteiger partial charge in [-0.15, -0.1) is 0 Å². The van der Waals surface area contributed by atoms with E-state index in [0.29, 0.717) is 13.1 Å². The van der Waals surface area contributed by atoms with E-state index in [9.17, 15) is 9.59 Å². The normalized spacial score (nSPS) is 18.8. The van der Waals surface area contributed by atoms with Gasteiger partial charge >= 0.3 is 0 Å². The number of aromatic amines is 1. The van der Waals surface area contributed by atoms with Crippen LogP contribution in [0.3, 0.4) is 0 Å². The Morgan fingerprint density at radius 2 is 2.03 bits per heavy atom. The van der Waals surface area contributed by atoms with Gasteiger partial charge in [-0.1, -0.05) is 32.0 Å². The fourth-order valence-corrected chi connectivity index (χ4v) is 4.98. The van der Waals surface area contributed by atoms with Crippen LogP contribution in [-0.2, 0) is 24.3 Å². The van der Waals surface area contributed by atoms with Crippen LogP contribution >= 0.6 is 0 Å². The first-order chi connectivity index (χ1) is 15.5. The van der Waals surface area contributed by atoms with Gasteiger partial charge in [0.2, 0.25) is 5.91 Å². The Morgan fingerprint density at radius 3 is 2.78 bits per heavy atom. The van der Waals surface area contributed by atoms with E-state index >= 15 is 0 Å². The van der Waals surface area contributed by atoms with E-state index in [2.05, 4.69) is 29.8 Å². The highest BCUT2D eigenvalue weighted by Crippen LogP contribution is 2.28. The number of ether oxygens (including phenoxy) is 1. The van der Waals surface area contributed by atoms with Crippen molar-refractivity contribution >= 4 is 5.91 Å². The Hall–Kier alpha value is -2.67. The molecule has 0 saturated carbocycles. The number of nitrogens with one attached hydrogen (secondary N) is 1. The van der Waals surface area contributed by atoms with Crippen molar-refractivity contribution in [2.45, 2.75) is 58.5 Å². The number of carbonyl (C=O) groups excluding carboxylic acids is 1. The van der Waals surface area contributed by atoms with E-state index in [1.165, 1.54) is 0 Å². The number of para-hydroxylation sites is 1. The van der Waals surface area contributed by atoms with Gasteiger partial charge in [-0.2, -0.15) is 0 Å². The van der Waals surface area contributed by atoms with Gasteiger partial charge < -0.3 is 14.6 Å². The van der Waals surface area contributed by atoms with E-state index in [1.807, 2.05) is 23.1 Å². The van der Waals surface area contributed by atoms with Crippen LogP contribution in [0.4, 0.5) is 0 Å². The molecule has 4 rings (SSSR count). The Morgan fingerprint density at radius 1 is 1.25 bits per heavy atom. The predicted molar refractivity (Wildman–Crippen MR) is 124 cm³/mol. The molecule has 1 saturated heterocycles. The first-order valence-corrected chi connectivity index (χ1v) is 11.8. The summed E-state index contributed by atoms with van der Waals surface area (Å²) in [5.74, 6) is 2.06. The summed E-state index contributed by atoms with van der Waals surface area (Å²) in [6, 6.07) is 8.00. The minimum absolute atomic E-state index is 0.0421. The molecular weight excluding hydrogens is 404 g/mol. The molecule has 1 N–H and O–H groups in total. The van der Waals surface area contributed by atoms with Gasteiger partial charge in [-0.3, -0.25) is 14.5 Å². The molecule has 2 aliphatic heterocycles. The largest absolute Gasteiger partial charge is 0.496 e.